The van der Waals surface area contributed by atoms with E-state index in [1.54, 1.807) is 9.80 Å². The molecule has 4 rings (SSSR count). The topological polar surface area (TPSA) is 83.1 Å². The third kappa shape index (κ3) is 4.56. The fraction of sp³-hybridized carbons (Fsp3) is 0.600. The number of ether oxygens (including phenoxy) is 2. The van der Waals surface area contributed by atoms with E-state index in [1.165, 1.54) is 0 Å². The van der Waals surface area contributed by atoms with E-state index in [1.807, 2.05) is 24.3 Å². The van der Waals surface area contributed by atoms with Crippen molar-refractivity contribution in [2.24, 2.45) is 0 Å². The van der Waals surface area contributed by atoms with Crippen LogP contribution in [0.3, 0.4) is 0 Å². The molecule has 8 nitrogen and oxygen atoms in total. The number of carbonyl (C=O) groups is 2. The van der Waals surface area contributed by atoms with Gasteiger partial charge in [0, 0.05) is 50.8 Å². The number of anilines is 2. The molecule has 28 heavy (non-hydrogen) atoms. The average Bonchev–Trinajstić information content (AvgIpc) is 3.44. The molecular formula is C20H28N4O4. The summed E-state index contributed by atoms with van der Waals surface area (Å²) in [6.45, 7) is 3.92. The minimum Gasteiger partial charge on any atom is -0.376 e. The Morgan fingerprint density at radius 3 is 2.46 bits per heavy atom. The van der Waals surface area contributed by atoms with Crippen molar-refractivity contribution in [2.45, 2.75) is 37.9 Å². The van der Waals surface area contributed by atoms with Crippen molar-refractivity contribution in [1.82, 2.24) is 10.2 Å². The van der Waals surface area contributed by atoms with Crippen LogP contribution in [0.15, 0.2) is 24.3 Å². The van der Waals surface area contributed by atoms with E-state index in [9.17, 15) is 9.59 Å². The van der Waals surface area contributed by atoms with E-state index in [2.05, 4.69) is 10.6 Å². The molecule has 152 valence electrons. The zero-order valence-electron chi connectivity index (χ0n) is 16.1. The molecule has 0 unspecified atom stereocenters. The lowest BCUT2D eigenvalue weighted by Crippen LogP contribution is -2.44. The summed E-state index contributed by atoms with van der Waals surface area (Å²) in [7, 11) is 0. The molecule has 2 atom stereocenters. The highest BCUT2D eigenvalue weighted by Gasteiger charge is 2.27. The van der Waals surface area contributed by atoms with Crippen LogP contribution in [-0.2, 0) is 9.47 Å². The van der Waals surface area contributed by atoms with Crippen LogP contribution in [0.5, 0.6) is 0 Å². The zero-order chi connectivity index (χ0) is 19.3. The molecule has 0 bridgehead atoms. The molecule has 0 spiro atoms. The maximum absolute atomic E-state index is 13.0. The molecule has 0 saturated carbocycles. The summed E-state index contributed by atoms with van der Waals surface area (Å²) in [5.41, 5.74) is 1.45. The summed E-state index contributed by atoms with van der Waals surface area (Å²) in [6.07, 6.45) is 4.22. The minimum atomic E-state index is -0.158. The fourth-order valence-electron chi connectivity index (χ4n) is 3.98. The number of nitrogens with one attached hydrogen (secondary N) is 2. The largest absolute Gasteiger partial charge is 0.376 e. The number of rotatable bonds is 6. The normalized spacial score (nSPS) is 24.4. The molecule has 3 heterocycles. The van der Waals surface area contributed by atoms with Crippen molar-refractivity contribution in [3.63, 3.8) is 0 Å². The van der Waals surface area contributed by atoms with Crippen molar-refractivity contribution >= 4 is 23.4 Å². The van der Waals surface area contributed by atoms with Crippen molar-refractivity contribution < 1.29 is 19.1 Å². The molecule has 0 radical (unpaired) electrons. The van der Waals surface area contributed by atoms with Crippen molar-refractivity contribution in [3.05, 3.63) is 24.3 Å². The number of carbonyl (C=O) groups excluding carboxylic acids is 2. The van der Waals surface area contributed by atoms with Crippen LogP contribution in [0.4, 0.5) is 21.0 Å². The highest BCUT2D eigenvalue weighted by molar-refractivity contribution is 5.95. The van der Waals surface area contributed by atoms with Crippen molar-refractivity contribution in [2.75, 3.05) is 49.6 Å². The number of nitrogens with zero attached hydrogens (tertiary/aromatic N) is 2. The molecule has 0 aliphatic carbocycles. The molecule has 4 amide bonds. The van der Waals surface area contributed by atoms with Gasteiger partial charge in [0.15, 0.2) is 0 Å². The van der Waals surface area contributed by atoms with Crippen LogP contribution >= 0.6 is 0 Å². The number of urea groups is 2. The Balaban J connectivity index is 1.43. The first-order chi connectivity index (χ1) is 13.7. The first kappa shape index (κ1) is 19.0. The first-order valence-corrected chi connectivity index (χ1v) is 10.1. The Kier molecular flexibility index (Phi) is 5.97. The Labute approximate surface area is 165 Å². The second kappa shape index (κ2) is 8.79. The van der Waals surface area contributed by atoms with E-state index in [0.29, 0.717) is 31.9 Å². The Morgan fingerprint density at radius 1 is 1.18 bits per heavy atom. The van der Waals surface area contributed by atoms with Crippen molar-refractivity contribution in [3.8, 4) is 0 Å². The zero-order valence-corrected chi connectivity index (χ0v) is 16.1. The van der Waals surface area contributed by atoms with Gasteiger partial charge in [-0.1, -0.05) is 6.07 Å². The number of hydrogen-bond acceptors (Lipinski definition) is 4. The molecule has 8 heteroatoms. The van der Waals surface area contributed by atoms with Gasteiger partial charge in [0.25, 0.3) is 0 Å². The molecule has 0 aromatic heterocycles. The maximum atomic E-state index is 13.0. The first-order valence-electron chi connectivity index (χ1n) is 10.1. The lowest BCUT2D eigenvalue weighted by atomic mass is 10.2. The summed E-state index contributed by atoms with van der Waals surface area (Å²) < 4.78 is 11.5. The Morgan fingerprint density at radius 2 is 1.89 bits per heavy atom. The van der Waals surface area contributed by atoms with Gasteiger partial charge in [-0.05, 0) is 43.9 Å². The monoisotopic (exact) mass is 388 g/mol. The molecular weight excluding hydrogens is 360 g/mol. The average molecular weight is 388 g/mol. The summed E-state index contributed by atoms with van der Waals surface area (Å²) in [4.78, 5) is 28.4. The maximum Gasteiger partial charge on any atom is 0.322 e. The molecule has 1 aromatic rings. The molecule has 2 N–H and O–H groups in total. The Hall–Kier alpha value is -2.32. The Bertz CT molecular complexity index is 683. The minimum absolute atomic E-state index is 0.0896. The molecule has 3 fully saturated rings. The van der Waals surface area contributed by atoms with Crippen LogP contribution < -0.4 is 15.5 Å². The van der Waals surface area contributed by atoms with Gasteiger partial charge in [-0.3, -0.25) is 4.90 Å². The van der Waals surface area contributed by atoms with Gasteiger partial charge in [0.1, 0.15) is 0 Å². The van der Waals surface area contributed by atoms with Gasteiger partial charge in [-0.15, -0.1) is 0 Å². The highest BCUT2D eigenvalue weighted by Crippen LogP contribution is 2.22. The quantitative estimate of drug-likeness (QED) is 0.784. The predicted octanol–water partition coefficient (Wildman–Crippen LogP) is 2.41. The van der Waals surface area contributed by atoms with E-state index in [4.69, 9.17) is 9.47 Å². The summed E-state index contributed by atoms with van der Waals surface area (Å²) >= 11 is 0. The van der Waals surface area contributed by atoms with Gasteiger partial charge < -0.3 is 25.0 Å². The van der Waals surface area contributed by atoms with E-state index in [0.717, 1.165) is 44.6 Å². The molecule has 3 aliphatic rings. The lowest BCUT2D eigenvalue weighted by molar-refractivity contribution is 0.0524. The third-order valence-electron chi connectivity index (χ3n) is 5.45. The van der Waals surface area contributed by atoms with Crippen molar-refractivity contribution in [1.29, 1.82) is 0 Å². The van der Waals surface area contributed by atoms with E-state index in [-0.39, 0.29) is 24.3 Å². The van der Waals surface area contributed by atoms with Crippen LogP contribution in [-0.4, -0.2) is 68.6 Å². The molecule has 1 aromatic carbocycles. The fourth-order valence-corrected chi connectivity index (χ4v) is 3.98. The van der Waals surface area contributed by atoms with Gasteiger partial charge >= 0.3 is 12.1 Å². The van der Waals surface area contributed by atoms with Gasteiger partial charge in [0.2, 0.25) is 0 Å². The summed E-state index contributed by atoms with van der Waals surface area (Å²) in [6, 6.07) is 7.12. The number of hydrogen-bond donors (Lipinski definition) is 2. The van der Waals surface area contributed by atoms with Crippen LogP contribution in [0.2, 0.25) is 0 Å². The van der Waals surface area contributed by atoms with Gasteiger partial charge in [0.05, 0.1) is 12.2 Å². The van der Waals surface area contributed by atoms with E-state index >= 15 is 0 Å². The van der Waals surface area contributed by atoms with Crippen LogP contribution in [0.1, 0.15) is 25.7 Å². The van der Waals surface area contributed by atoms with Crippen LogP contribution in [0, 0.1) is 0 Å². The second-order valence-electron chi connectivity index (χ2n) is 7.54. The van der Waals surface area contributed by atoms with Gasteiger partial charge in [-0.25, -0.2) is 9.59 Å². The van der Waals surface area contributed by atoms with Gasteiger partial charge in [-0.2, -0.15) is 0 Å². The van der Waals surface area contributed by atoms with Crippen LogP contribution in [0.25, 0.3) is 0 Å². The highest BCUT2D eigenvalue weighted by atomic mass is 16.5. The predicted molar refractivity (Wildman–Crippen MR) is 106 cm³/mol. The summed E-state index contributed by atoms with van der Waals surface area (Å²) in [5, 5.41) is 5.78. The number of benzene rings is 1. The summed E-state index contributed by atoms with van der Waals surface area (Å²) in [5.74, 6) is 0. The number of amides is 4. The van der Waals surface area contributed by atoms with E-state index < -0.39 is 0 Å². The molecule has 3 saturated heterocycles. The smallest absolute Gasteiger partial charge is 0.322 e. The molecule has 3 aliphatic heterocycles. The lowest BCUT2D eigenvalue weighted by Gasteiger charge is -2.28. The third-order valence-corrected chi connectivity index (χ3v) is 5.45. The second-order valence-corrected chi connectivity index (χ2v) is 7.54. The SMILES string of the molecule is O=C(Nc1cccc(N2CCNC2=O)c1)N(C[C@@H]1CCCO1)C[C@@H]1CCCO1. The standard InChI is InChI=1S/C20H28N4O4/c25-19-21-8-9-24(19)16-5-1-4-15(12-16)22-20(26)23(13-17-6-2-10-27-17)14-18-7-3-11-28-18/h1,4-5,12,17-18H,2-3,6-11,13-14H2,(H,21,25)(H,22,26)/t17-,18-/m0/s1.